The van der Waals surface area contributed by atoms with Gasteiger partial charge in [-0.3, -0.25) is 4.79 Å². The van der Waals surface area contributed by atoms with Crippen molar-refractivity contribution in [2.75, 3.05) is 6.54 Å². The molecule has 1 N–H and O–H groups in total. The maximum atomic E-state index is 11.9. The second-order valence-corrected chi connectivity index (χ2v) is 4.33. The van der Waals surface area contributed by atoms with Crippen molar-refractivity contribution in [3.63, 3.8) is 0 Å². The molecule has 0 saturated heterocycles. The molecule has 1 heterocycles. The fourth-order valence-electron chi connectivity index (χ4n) is 1.85. The van der Waals surface area contributed by atoms with Crippen LogP contribution < -0.4 is 10.9 Å². The van der Waals surface area contributed by atoms with Crippen molar-refractivity contribution >= 4 is 5.91 Å². The van der Waals surface area contributed by atoms with Gasteiger partial charge < -0.3 is 9.84 Å². The highest BCUT2D eigenvalue weighted by molar-refractivity contribution is 5.94. The molecule has 19 heavy (non-hydrogen) atoms. The molecule has 0 aliphatic rings. The fraction of sp³-hybridized carbons (Fsp3) is 0.286. The lowest BCUT2D eigenvalue weighted by Gasteiger charge is -2.04. The summed E-state index contributed by atoms with van der Waals surface area (Å²) in [5, 5.41) is 2.73. The molecule has 0 aliphatic heterocycles. The average molecular weight is 260 g/mol. The van der Waals surface area contributed by atoms with Gasteiger partial charge in [0, 0.05) is 13.6 Å². The number of rotatable bonds is 4. The largest absolute Gasteiger partial charge is 0.370 e. The summed E-state index contributed by atoms with van der Waals surface area (Å²) in [5.41, 5.74) is 1.15. The number of carbonyl (C=O) groups is 1. The first-order chi connectivity index (χ1) is 9.09. The second-order valence-electron chi connectivity index (χ2n) is 4.33. The van der Waals surface area contributed by atoms with Crippen molar-refractivity contribution in [3.8, 4) is 0 Å². The Kier molecular flexibility index (Phi) is 3.85. The SMILES string of the molecule is Cc1c(C(=O)NCCc2ccccc2)c(=O)on1C. The van der Waals surface area contributed by atoms with Gasteiger partial charge in [-0.05, 0) is 18.9 Å². The lowest BCUT2D eigenvalue weighted by molar-refractivity contribution is 0.0951. The summed E-state index contributed by atoms with van der Waals surface area (Å²) in [5.74, 6) is -0.386. The van der Waals surface area contributed by atoms with Crippen molar-refractivity contribution in [1.82, 2.24) is 10.1 Å². The van der Waals surface area contributed by atoms with Gasteiger partial charge >= 0.3 is 5.63 Å². The van der Waals surface area contributed by atoms with Crippen molar-refractivity contribution < 1.29 is 9.32 Å². The molecule has 1 aromatic heterocycles. The number of hydrogen-bond donors (Lipinski definition) is 1. The number of aromatic nitrogens is 1. The van der Waals surface area contributed by atoms with Crippen LogP contribution in [0.3, 0.4) is 0 Å². The van der Waals surface area contributed by atoms with Crippen LogP contribution in [0.15, 0.2) is 39.6 Å². The van der Waals surface area contributed by atoms with Crippen LogP contribution in [0.1, 0.15) is 21.6 Å². The quantitative estimate of drug-likeness (QED) is 0.900. The van der Waals surface area contributed by atoms with Crippen LogP contribution in [0.5, 0.6) is 0 Å². The number of nitrogens with zero attached hydrogens (tertiary/aromatic N) is 1. The molecule has 1 amide bonds. The summed E-state index contributed by atoms with van der Waals surface area (Å²) in [7, 11) is 1.59. The Morgan fingerprint density at radius 1 is 1.32 bits per heavy atom. The van der Waals surface area contributed by atoms with E-state index in [0.29, 0.717) is 12.2 Å². The molecular weight excluding hydrogens is 244 g/mol. The zero-order valence-corrected chi connectivity index (χ0v) is 11.0. The van der Waals surface area contributed by atoms with Gasteiger partial charge in [0.25, 0.3) is 5.91 Å². The Morgan fingerprint density at radius 2 is 2.00 bits per heavy atom. The van der Waals surface area contributed by atoms with Gasteiger partial charge in [0.1, 0.15) is 5.56 Å². The summed E-state index contributed by atoms with van der Waals surface area (Å²) in [6.07, 6.45) is 0.726. The highest BCUT2D eigenvalue weighted by Crippen LogP contribution is 2.03. The molecule has 0 radical (unpaired) electrons. The topological polar surface area (TPSA) is 64.2 Å². The van der Waals surface area contributed by atoms with Crippen molar-refractivity contribution in [1.29, 1.82) is 0 Å². The van der Waals surface area contributed by atoms with Gasteiger partial charge in [-0.15, -0.1) is 0 Å². The predicted octanol–water partition coefficient (Wildman–Crippen LogP) is 1.26. The Labute approximate surface area is 110 Å². The van der Waals surface area contributed by atoms with E-state index >= 15 is 0 Å². The predicted molar refractivity (Wildman–Crippen MR) is 71.2 cm³/mol. The van der Waals surface area contributed by atoms with Crippen LogP contribution >= 0.6 is 0 Å². The zero-order valence-electron chi connectivity index (χ0n) is 11.0. The minimum Gasteiger partial charge on any atom is -0.351 e. The Hall–Kier alpha value is -2.30. The number of aryl methyl sites for hydroxylation is 1. The maximum Gasteiger partial charge on any atom is 0.370 e. The van der Waals surface area contributed by atoms with Crippen LogP contribution in [0, 0.1) is 6.92 Å². The Balaban J connectivity index is 1.97. The first-order valence-electron chi connectivity index (χ1n) is 6.08. The zero-order chi connectivity index (χ0) is 13.8. The minimum atomic E-state index is -0.600. The summed E-state index contributed by atoms with van der Waals surface area (Å²) in [6.45, 7) is 2.16. The van der Waals surface area contributed by atoms with Crippen molar-refractivity contribution in [2.24, 2.45) is 7.05 Å². The lowest BCUT2D eigenvalue weighted by atomic mass is 10.1. The van der Waals surface area contributed by atoms with E-state index < -0.39 is 5.63 Å². The minimum absolute atomic E-state index is 0.0792. The van der Waals surface area contributed by atoms with E-state index in [2.05, 4.69) is 5.32 Å². The molecule has 1 aromatic carbocycles. The lowest BCUT2D eigenvalue weighted by Crippen LogP contribution is -2.29. The molecule has 0 spiro atoms. The molecule has 0 bridgehead atoms. The van der Waals surface area contributed by atoms with Crippen LogP contribution in [-0.2, 0) is 13.5 Å². The molecule has 0 unspecified atom stereocenters. The van der Waals surface area contributed by atoms with E-state index in [1.165, 1.54) is 4.74 Å². The van der Waals surface area contributed by atoms with Gasteiger partial charge in [0.05, 0.1) is 5.69 Å². The van der Waals surface area contributed by atoms with Crippen LogP contribution in [0.25, 0.3) is 0 Å². The average Bonchev–Trinajstić information content (AvgIpc) is 2.64. The first kappa shape index (κ1) is 13.1. The summed E-state index contributed by atoms with van der Waals surface area (Å²) in [6, 6.07) is 9.84. The van der Waals surface area contributed by atoms with E-state index in [1.54, 1.807) is 14.0 Å². The highest BCUT2D eigenvalue weighted by atomic mass is 16.5. The van der Waals surface area contributed by atoms with Gasteiger partial charge in [-0.2, -0.15) is 0 Å². The highest BCUT2D eigenvalue weighted by Gasteiger charge is 2.18. The van der Waals surface area contributed by atoms with Crippen LogP contribution in [0.4, 0.5) is 0 Å². The molecule has 0 saturated carbocycles. The number of carbonyl (C=O) groups excluding carboxylic acids is 1. The van der Waals surface area contributed by atoms with Crippen molar-refractivity contribution in [2.45, 2.75) is 13.3 Å². The van der Waals surface area contributed by atoms with E-state index in [-0.39, 0.29) is 11.5 Å². The van der Waals surface area contributed by atoms with Gasteiger partial charge in [-0.25, -0.2) is 9.53 Å². The second kappa shape index (κ2) is 5.56. The number of amides is 1. The number of hydrogen-bond acceptors (Lipinski definition) is 3. The summed E-state index contributed by atoms with van der Waals surface area (Å²) < 4.78 is 6.13. The van der Waals surface area contributed by atoms with Crippen molar-refractivity contribution in [3.05, 3.63) is 57.6 Å². The van der Waals surface area contributed by atoms with E-state index in [1.807, 2.05) is 30.3 Å². The number of benzene rings is 1. The standard InChI is InChI=1S/C14H16N2O3/c1-10-12(14(18)19-16(10)2)13(17)15-9-8-11-6-4-3-5-7-11/h3-7H,8-9H2,1-2H3,(H,15,17). The smallest absolute Gasteiger partial charge is 0.351 e. The fourth-order valence-corrected chi connectivity index (χ4v) is 1.85. The normalized spacial score (nSPS) is 10.4. The molecule has 5 nitrogen and oxygen atoms in total. The Morgan fingerprint density at radius 3 is 2.58 bits per heavy atom. The third-order valence-corrected chi connectivity index (χ3v) is 3.03. The third kappa shape index (κ3) is 2.93. The molecule has 0 aliphatic carbocycles. The summed E-state index contributed by atoms with van der Waals surface area (Å²) in [4.78, 5) is 23.4. The van der Waals surface area contributed by atoms with Crippen LogP contribution in [0.2, 0.25) is 0 Å². The third-order valence-electron chi connectivity index (χ3n) is 3.03. The molecule has 100 valence electrons. The van der Waals surface area contributed by atoms with E-state index in [0.717, 1.165) is 12.0 Å². The van der Waals surface area contributed by atoms with Crippen LogP contribution in [-0.4, -0.2) is 17.2 Å². The van der Waals surface area contributed by atoms with Gasteiger partial charge in [0.2, 0.25) is 0 Å². The van der Waals surface area contributed by atoms with E-state index in [4.69, 9.17) is 4.52 Å². The molecule has 0 atom stereocenters. The maximum absolute atomic E-state index is 11.9. The molecule has 2 aromatic rings. The van der Waals surface area contributed by atoms with Gasteiger partial charge in [-0.1, -0.05) is 30.3 Å². The van der Waals surface area contributed by atoms with Gasteiger partial charge in [0.15, 0.2) is 0 Å². The molecule has 5 heteroatoms. The first-order valence-corrected chi connectivity index (χ1v) is 6.08. The summed E-state index contributed by atoms with van der Waals surface area (Å²) >= 11 is 0. The Bertz CT molecular complexity index is 626. The molecule has 2 rings (SSSR count). The molecular formula is C14H16N2O3. The monoisotopic (exact) mass is 260 g/mol. The van der Waals surface area contributed by atoms with E-state index in [9.17, 15) is 9.59 Å². The number of nitrogens with one attached hydrogen (secondary N) is 1. The molecule has 0 fully saturated rings.